The predicted molar refractivity (Wildman–Crippen MR) is 96.4 cm³/mol. The molecule has 0 unspecified atom stereocenters. The first-order valence-corrected chi connectivity index (χ1v) is 10.4. The molecule has 0 spiro atoms. The van der Waals surface area contributed by atoms with E-state index in [0.29, 0.717) is 38.4 Å². The molecule has 1 saturated heterocycles. The van der Waals surface area contributed by atoms with E-state index in [9.17, 15) is 13.2 Å². The van der Waals surface area contributed by atoms with E-state index < -0.39 is 10.0 Å². The van der Waals surface area contributed by atoms with Crippen LogP contribution in [0.3, 0.4) is 0 Å². The molecule has 2 heterocycles. The summed E-state index contributed by atoms with van der Waals surface area (Å²) in [5.74, 6) is -0.268. The third-order valence-electron chi connectivity index (χ3n) is 3.94. The molecule has 134 valence electrons. The van der Waals surface area contributed by atoms with Crippen LogP contribution in [0, 0.1) is 0 Å². The monoisotopic (exact) mass is 380 g/mol. The van der Waals surface area contributed by atoms with Gasteiger partial charge in [-0.05, 0) is 36.1 Å². The van der Waals surface area contributed by atoms with Gasteiger partial charge in [-0.1, -0.05) is 12.1 Å². The van der Waals surface area contributed by atoms with E-state index in [-0.39, 0.29) is 10.8 Å². The molecular formula is C17H20N2O4S2. The van der Waals surface area contributed by atoms with Gasteiger partial charge in [-0.2, -0.15) is 4.31 Å². The highest BCUT2D eigenvalue weighted by molar-refractivity contribution is 7.89. The fourth-order valence-electron chi connectivity index (χ4n) is 2.59. The molecule has 0 radical (unpaired) electrons. The average molecular weight is 380 g/mol. The fraction of sp³-hybridized carbons (Fsp3) is 0.353. The van der Waals surface area contributed by atoms with Gasteiger partial charge in [0.05, 0.1) is 18.1 Å². The molecule has 3 rings (SSSR count). The molecule has 1 amide bonds. The average Bonchev–Trinajstić information content (AvgIpc) is 3.16. The summed E-state index contributed by atoms with van der Waals surface area (Å²) in [6.07, 6.45) is 0.759. The van der Waals surface area contributed by atoms with E-state index in [0.717, 1.165) is 6.42 Å². The van der Waals surface area contributed by atoms with Crippen LogP contribution in [0.2, 0.25) is 0 Å². The molecule has 25 heavy (non-hydrogen) atoms. The number of amides is 1. The van der Waals surface area contributed by atoms with Crippen LogP contribution in [0.15, 0.2) is 46.7 Å². The van der Waals surface area contributed by atoms with Crippen molar-refractivity contribution >= 4 is 27.3 Å². The molecule has 2 aromatic rings. The molecular weight excluding hydrogens is 360 g/mol. The number of carbonyl (C=O) groups excluding carboxylic acids is 1. The third-order valence-corrected chi connectivity index (χ3v) is 6.77. The molecule has 1 N–H and O–H groups in total. The molecule has 1 aliphatic heterocycles. The standard InChI is InChI=1S/C17H20N2O4S2/c20-17(18-7-6-15-4-2-12-24-15)14-3-1-5-16(13-14)25(21,22)19-8-10-23-11-9-19/h1-5,12-13H,6-11H2,(H,18,20). The van der Waals surface area contributed by atoms with Gasteiger partial charge in [0, 0.05) is 30.1 Å². The maximum Gasteiger partial charge on any atom is 0.251 e. The number of hydrogen-bond acceptors (Lipinski definition) is 5. The lowest BCUT2D eigenvalue weighted by atomic mass is 10.2. The summed E-state index contributed by atoms with van der Waals surface area (Å²) in [5, 5.41) is 4.83. The first-order chi connectivity index (χ1) is 12.1. The van der Waals surface area contributed by atoms with Crippen molar-refractivity contribution in [3.8, 4) is 0 Å². The van der Waals surface area contributed by atoms with Crippen LogP contribution in [0.4, 0.5) is 0 Å². The summed E-state index contributed by atoms with van der Waals surface area (Å²) in [6.45, 7) is 1.96. The van der Waals surface area contributed by atoms with E-state index in [1.54, 1.807) is 23.5 Å². The summed E-state index contributed by atoms with van der Waals surface area (Å²) in [6, 6.07) is 10.2. The number of thiophene rings is 1. The zero-order valence-electron chi connectivity index (χ0n) is 13.7. The number of carbonyl (C=O) groups is 1. The molecule has 0 bridgehead atoms. The van der Waals surface area contributed by atoms with Crippen LogP contribution in [0.25, 0.3) is 0 Å². The Morgan fingerprint density at radius 2 is 2.00 bits per heavy atom. The second-order valence-electron chi connectivity index (χ2n) is 5.63. The number of nitrogens with one attached hydrogen (secondary N) is 1. The molecule has 0 atom stereocenters. The number of rotatable bonds is 6. The summed E-state index contributed by atoms with van der Waals surface area (Å²) < 4.78 is 31.9. The van der Waals surface area contributed by atoms with Gasteiger partial charge in [-0.3, -0.25) is 4.79 Å². The second-order valence-corrected chi connectivity index (χ2v) is 8.60. The first-order valence-electron chi connectivity index (χ1n) is 8.06. The molecule has 1 aromatic heterocycles. The largest absolute Gasteiger partial charge is 0.379 e. The smallest absolute Gasteiger partial charge is 0.251 e. The molecule has 1 fully saturated rings. The minimum atomic E-state index is -3.60. The quantitative estimate of drug-likeness (QED) is 0.828. The van der Waals surface area contributed by atoms with Crippen LogP contribution in [-0.4, -0.2) is 51.5 Å². The number of benzene rings is 1. The Labute approximate surface area is 151 Å². The molecule has 0 aliphatic carbocycles. The molecule has 8 heteroatoms. The van der Waals surface area contributed by atoms with Crippen LogP contribution in [0.5, 0.6) is 0 Å². The van der Waals surface area contributed by atoms with Crippen molar-refractivity contribution in [2.75, 3.05) is 32.8 Å². The lowest BCUT2D eigenvalue weighted by Crippen LogP contribution is -2.40. The highest BCUT2D eigenvalue weighted by Crippen LogP contribution is 2.18. The van der Waals surface area contributed by atoms with Crippen molar-refractivity contribution in [1.29, 1.82) is 0 Å². The van der Waals surface area contributed by atoms with Crippen molar-refractivity contribution in [1.82, 2.24) is 9.62 Å². The van der Waals surface area contributed by atoms with Gasteiger partial charge in [-0.25, -0.2) is 8.42 Å². The van der Waals surface area contributed by atoms with E-state index in [1.807, 2.05) is 17.5 Å². The van der Waals surface area contributed by atoms with Crippen molar-refractivity contribution < 1.29 is 17.9 Å². The summed E-state index contributed by atoms with van der Waals surface area (Å²) in [7, 11) is -3.60. The van der Waals surface area contributed by atoms with Gasteiger partial charge in [0.1, 0.15) is 0 Å². The van der Waals surface area contributed by atoms with Gasteiger partial charge in [-0.15, -0.1) is 11.3 Å². The summed E-state index contributed by atoms with van der Waals surface area (Å²) in [4.78, 5) is 13.6. The summed E-state index contributed by atoms with van der Waals surface area (Å²) in [5.41, 5.74) is 0.348. The van der Waals surface area contributed by atoms with Gasteiger partial charge in [0.15, 0.2) is 0 Å². The lowest BCUT2D eigenvalue weighted by molar-refractivity contribution is 0.0730. The van der Waals surface area contributed by atoms with E-state index >= 15 is 0 Å². The van der Waals surface area contributed by atoms with Gasteiger partial charge in [0.25, 0.3) is 5.91 Å². The first kappa shape index (κ1) is 18.1. The van der Waals surface area contributed by atoms with Crippen molar-refractivity contribution in [3.63, 3.8) is 0 Å². The van der Waals surface area contributed by atoms with Crippen LogP contribution >= 0.6 is 11.3 Å². The topological polar surface area (TPSA) is 75.7 Å². The number of ether oxygens (including phenoxy) is 1. The number of nitrogens with zero attached hydrogens (tertiary/aromatic N) is 1. The van der Waals surface area contributed by atoms with Crippen LogP contribution in [-0.2, 0) is 21.2 Å². The zero-order chi connectivity index (χ0) is 17.7. The summed E-state index contributed by atoms with van der Waals surface area (Å²) >= 11 is 1.65. The Bertz CT molecular complexity index is 813. The zero-order valence-corrected chi connectivity index (χ0v) is 15.3. The Hall–Kier alpha value is -1.74. The molecule has 1 aromatic carbocycles. The maximum absolute atomic E-state index is 12.7. The number of morpholine rings is 1. The molecule has 6 nitrogen and oxygen atoms in total. The van der Waals surface area contributed by atoms with E-state index in [4.69, 9.17) is 4.74 Å². The van der Waals surface area contributed by atoms with Crippen molar-refractivity contribution in [2.24, 2.45) is 0 Å². The highest BCUT2D eigenvalue weighted by atomic mass is 32.2. The highest BCUT2D eigenvalue weighted by Gasteiger charge is 2.26. The second kappa shape index (κ2) is 8.09. The number of sulfonamides is 1. The van der Waals surface area contributed by atoms with E-state index in [1.165, 1.54) is 21.3 Å². The Morgan fingerprint density at radius 3 is 2.72 bits per heavy atom. The minimum absolute atomic E-state index is 0.139. The Morgan fingerprint density at radius 1 is 1.20 bits per heavy atom. The SMILES string of the molecule is O=C(NCCc1cccs1)c1cccc(S(=O)(=O)N2CCOCC2)c1. The van der Waals surface area contributed by atoms with Crippen molar-refractivity contribution in [3.05, 3.63) is 52.2 Å². The van der Waals surface area contributed by atoms with Gasteiger partial charge in [0.2, 0.25) is 10.0 Å². The Kier molecular flexibility index (Phi) is 5.85. The third kappa shape index (κ3) is 4.46. The van der Waals surface area contributed by atoms with Crippen LogP contribution in [0.1, 0.15) is 15.2 Å². The maximum atomic E-state index is 12.7. The minimum Gasteiger partial charge on any atom is -0.379 e. The fourth-order valence-corrected chi connectivity index (χ4v) is 4.75. The lowest BCUT2D eigenvalue weighted by Gasteiger charge is -2.26. The van der Waals surface area contributed by atoms with Crippen LogP contribution < -0.4 is 5.32 Å². The van der Waals surface area contributed by atoms with Gasteiger partial charge < -0.3 is 10.1 Å². The van der Waals surface area contributed by atoms with Gasteiger partial charge >= 0.3 is 0 Å². The Balaban J connectivity index is 1.66. The molecule has 0 saturated carbocycles. The van der Waals surface area contributed by atoms with E-state index in [2.05, 4.69) is 5.32 Å². The van der Waals surface area contributed by atoms with Crippen molar-refractivity contribution in [2.45, 2.75) is 11.3 Å². The predicted octanol–water partition coefficient (Wildman–Crippen LogP) is 1.74. The number of hydrogen-bond donors (Lipinski definition) is 1. The normalized spacial score (nSPS) is 15.8. The molecule has 1 aliphatic rings.